The predicted octanol–water partition coefficient (Wildman–Crippen LogP) is 6.60. The van der Waals surface area contributed by atoms with E-state index in [0.717, 1.165) is 34.6 Å². The van der Waals surface area contributed by atoms with Crippen LogP contribution in [0.4, 0.5) is 11.6 Å². The first-order valence-electron chi connectivity index (χ1n) is 13.3. The molecule has 0 saturated carbocycles. The Morgan fingerprint density at radius 1 is 1.05 bits per heavy atom. The largest absolute Gasteiger partial charge is 0.493 e. The van der Waals surface area contributed by atoms with E-state index < -0.39 is 6.04 Å². The first-order chi connectivity index (χ1) is 19.5. The number of methoxy groups -OCH3 is 1. The lowest BCUT2D eigenvalue weighted by atomic mass is 9.94. The number of rotatable bonds is 10. The van der Waals surface area contributed by atoms with Crippen molar-refractivity contribution in [2.45, 2.75) is 45.0 Å². The SMILES string of the molecule is CCCSc1nc2n(n1)C(c1ccc(OCc3ccccc3)c(OC)c1)C(C(=O)Nc1cccc(C)c1)=C(C)N2. The summed E-state index contributed by atoms with van der Waals surface area (Å²) in [6, 6.07) is 22.9. The van der Waals surface area contributed by atoms with E-state index in [9.17, 15) is 4.79 Å². The number of nitrogens with one attached hydrogen (secondary N) is 2. The fourth-order valence-electron chi connectivity index (χ4n) is 4.62. The van der Waals surface area contributed by atoms with Gasteiger partial charge in [-0.3, -0.25) is 4.79 Å². The minimum Gasteiger partial charge on any atom is -0.493 e. The van der Waals surface area contributed by atoms with Gasteiger partial charge in [-0.15, -0.1) is 5.10 Å². The fraction of sp³-hybridized carbons (Fsp3) is 0.258. The van der Waals surface area contributed by atoms with Gasteiger partial charge in [0, 0.05) is 17.1 Å². The van der Waals surface area contributed by atoms with Gasteiger partial charge in [0.05, 0.1) is 12.7 Å². The van der Waals surface area contributed by atoms with Gasteiger partial charge in [-0.25, -0.2) is 4.68 Å². The molecule has 0 fully saturated rings. The Kier molecular flexibility index (Phi) is 8.40. The maximum absolute atomic E-state index is 13.8. The Labute approximate surface area is 238 Å². The highest BCUT2D eigenvalue weighted by molar-refractivity contribution is 7.99. The highest BCUT2D eigenvalue weighted by Crippen LogP contribution is 2.40. The van der Waals surface area contributed by atoms with Crippen LogP contribution in [0.15, 0.2) is 89.2 Å². The third-order valence-corrected chi connectivity index (χ3v) is 7.57. The Morgan fingerprint density at radius 2 is 1.88 bits per heavy atom. The second-order valence-corrected chi connectivity index (χ2v) is 10.6. The first kappa shape index (κ1) is 27.3. The summed E-state index contributed by atoms with van der Waals surface area (Å²) in [5, 5.41) is 11.8. The lowest BCUT2D eigenvalue weighted by Crippen LogP contribution is -2.31. The van der Waals surface area contributed by atoms with Crippen LogP contribution in [0, 0.1) is 6.92 Å². The molecule has 8 nitrogen and oxygen atoms in total. The molecule has 0 spiro atoms. The van der Waals surface area contributed by atoms with Crippen LogP contribution in [0.5, 0.6) is 11.5 Å². The van der Waals surface area contributed by atoms with Crippen LogP contribution < -0.4 is 20.1 Å². The van der Waals surface area contributed by atoms with Crippen LogP contribution in [0.25, 0.3) is 0 Å². The number of thioether (sulfide) groups is 1. The average Bonchev–Trinajstić information content (AvgIpc) is 3.37. The number of allylic oxidation sites excluding steroid dienone is 1. The Bertz CT molecular complexity index is 1530. The normalized spacial score (nSPS) is 14.3. The summed E-state index contributed by atoms with van der Waals surface area (Å²) in [5.41, 5.74) is 4.95. The van der Waals surface area contributed by atoms with Gasteiger partial charge in [0.15, 0.2) is 11.5 Å². The maximum atomic E-state index is 13.8. The highest BCUT2D eigenvalue weighted by Gasteiger charge is 2.35. The van der Waals surface area contributed by atoms with E-state index in [0.29, 0.717) is 40.5 Å². The van der Waals surface area contributed by atoms with Crippen molar-refractivity contribution in [2.75, 3.05) is 23.5 Å². The summed E-state index contributed by atoms with van der Waals surface area (Å²) >= 11 is 1.59. The van der Waals surface area contributed by atoms with E-state index in [4.69, 9.17) is 19.6 Å². The van der Waals surface area contributed by atoms with Crippen molar-refractivity contribution in [3.63, 3.8) is 0 Å². The number of hydrogen-bond donors (Lipinski definition) is 2. The topological polar surface area (TPSA) is 90.3 Å². The molecule has 0 bridgehead atoms. The third-order valence-electron chi connectivity index (χ3n) is 6.53. The second-order valence-electron chi connectivity index (χ2n) is 9.59. The number of amides is 1. The van der Waals surface area contributed by atoms with Crippen molar-refractivity contribution < 1.29 is 14.3 Å². The van der Waals surface area contributed by atoms with Crippen molar-refractivity contribution in [3.05, 3.63) is 101 Å². The zero-order valence-corrected chi connectivity index (χ0v) is 23.9. The molecule has 40 heavy (non-hydrogen) atoms. The molecule has 3 aromatic carbocycles. The number of fused-ring (bicyclic) bond motifs is 1. The third kappa shape index (κ3) is 5.99. The minimum atomic E-state index is -0.526. The molecule has 2 N–H and O–H groups in total. The Balaban J connectivity index is 1.52. The lowest BCUT2D eigenvalue weighted by molar-refractivity contribution is -0.113. The van der Waals surface area contributed by atoms with Crippen molar-refractivity contribution in [2.24, 2.45) is 0 Å². The van der Waals surface area contributed by atoms with E-state index in [-0.39, 0.29) is 5.91 Å². The quantitative estimate of drug-likeness (QED) is 0.213. The number of carbonyl (C=O) groups excluding carboxylic acids is 1. The van der Waals surface area contributed by atoms with Crippen LogP contribution >= 0.6 is 11.8 Å². The molecule has 1 amide bonds. The van der Waals surface area contributed by atoms with Gasteiger partial charge >= 0.3 is 0 Å². The van der Waals surface area contributed by atoms with Crippen LogP contribution in [0.1, 0.15) is 43.0 Å². The number of aryl methyl sites for hydroxylation is 1. The number of carbonyl (C=O) groups is 1. The van der Waals surface area contributed by atoms with E-state index in [1.165, 1.54) is 0 Å². The second kappa shape index (κ2) is 12.3. The number of benzene rings is 3. The van der Waals surface area contributed by atoms with Gasteiger partial charge in [0.25, 0.3) is 5.91 Å². The van der Waals surface area contributed by atoms with E-state index in [1.807, 2.05) is 86.6 Å². The standard InChI is InChI=1S/C31H33N5O3S/c1-5-16-40-31-34-30-32-21(3)27(29(37)33-24-13-9-10-20(2)17-24)28(36(30)35-31)23-14-15-25(26(18-23)38-4)39-19-22-11-7-6-8-12-22/h6-15,17-18,28H,5,16,19H2,1-4H3,(H,33,37)(H,32,34,35). The monoisotopic (exact) mass is 555 g/mol. The molecule has 2 heterocycles. The Hall–Kier alpha value is -4.24. The molecule has 1 aliphatic rings. The fourth-order valence-corrected chi connectivity index (χ4v) is 5.30. The van der Waals surface area contributed by atoms with E-state index in [1.54, 1.807) is 23.6 Å². The lowest BCUT2D eigenvalue weighted by Gasteiger charge is -2.29. The van der Waals surface area contributed by atoms with Gasteiger partial charge in [-0.1, -0.05) is 67.2 Å². The Morgan fingerprint density at radius 3 is 2.62 bits per heavy atom. The summed E-state index contributed by atoms with van der Waals surface area (Å²) in [7, 11) is 1.61. The molecule has 0 radical (unpaired) electrons. The van der Waals surface area contributed by atoms with Crippen molar-refractivity contribution >= 4 is 29.3 Å². The first-order valence-corrected chi connectivity index (χ1v) is 14.2. The maximum Gasteiger partial charge on any atom is 0.255 e. The molecule has 4 aromatic rings. The highest BCUT2D eigenvalue weighted by atomic mass is 32.2. The number of nitrogens with zero attached hydrogens (tertiary/aromatic N) is 3. The summed E-state index contributed by atoms with van der Waals surface area (Å²) in [4.78, 5) is 18.5. The predicted molar refractivity (Wildman–Crippen MR) is 159 cm³/mol. The molecular formula is C31H33N5O3S. The molecule has 0 saturated heterocycles. The van der Waals surface area contributed by atoms with Crippen molar-refractivity contribution in [1.29, 1.82) is 0 Å². The number of aromatic nitrogens is 3. The number of hydrogen-bond acceptors (Lipinski definition) is 7. The molecule has 206 valence electrons. The van der Waals surface area contributed by atoms with Gasteiger partial charge in [0.2, 0.25) is 11.1 Å². The van der Waals surface area contributed by atoms with Crippen LogP contribution in [-0.2, 0) is 11.4 Å². The van der Waals surface area contributed by atoms with Crippen LogP contribution in [0.3, 0.4) is 0 Å². The van der Waals surface area contributed by atoms with Gasteiger partial charge in [0.1, 0.15) is 12.6 Å². The summed E-state index contributed by atoms with van der Waals surface area (Å²) in [5.74, 6) is 2.48. The van der Waals surface area contributed by atoms with Gasteiger partial charge in [-0.2, -0.15) is 4.98 Å². The van der Waals surface area contributed by atoms with E-state index in [2.05, 4.69) is 17.6 Å². The summed E-state index contributed by atoms with van der Waals surface area (Å²) in [6.45, 7) is 6.43. The van der Waals surface area contributed by atoms with Crippen molar-refractivity contribution in [1.82, 2.24) is 14.8 Å². The van der Waals surface area contributed by atoms with E-state index >= 15 is 0 Å². The summed E-state index contributed by atoms with van der Waals surface area (Å²) in [6.07, 6.45) is 1.01. The molecule has 5 rings (SSSR count). The number of ether oxygens (including phenoxy) is 2. The molecule has 1 aromatic heterocycles. The molecule has 1 aliphatic heterocycles. The van der Waals surface area contributed by atoms with Crippen LogP contribution in [-0.4, -0.2) is 33.5 Å². The number of anilines is 2. The minimum absolute atomic E-state index is 0.215. The molecule has 0 aliphatic carbocycles. The molecule has 1 unspecified atom stereocenters. The average molecular weight is 556 g/mol. The molecule has 1 atom stereocenters. The van der Waals surface area contributed by atoms with Crippen LogP contribution in [0.2, 0.25) is 0 Å². The zero-order valence-electron chi connectivity index (χ0n) is 23.1. The molecular weight excluding hydrogens is 522 g/mol. The van der Waals surface area contributed by atoms with Gasteiger partial charge in [-0.05, 0) is 61.2 Å². The van der Waals surface area contributed by atoms with Gasteiger partial charge < -0.3 is 20.1 Å². The smallest absolute Gasteiger partial charge is 0.255 e. The van der Waals surface area contributed by atoms with Crippen molar-refractivity contribution in [3.8, 4) is 11.5 Å². The molecule has 9 heteroatoms. The zero-order chi connectivity index (χ0) is 28.1. The summed E-state index contributed by atoms with van der Waals surface area (Å²) < 4.78 is 13.6.